The van der Waals surface area contributed by atoms with Gasteiger partial charge in [-0.05, 0) is 13.3 Å². The smallest absolute Gasteiger partial charge is 0.304 e. The Morgan fingerprint density at radius 1 is 1.35 bits per heavy atom. The Kier molecular flexibility index (Phi) is 6.66. The van der Waals surface area contributed by atoms with Crippen molar-refractivity contribution < 1.29 is 18.3 Å². The van der Waals surface area contributed by atoms with Crippen molar-refractivity contribution in [3.05, 3.63) is 0 Å². The van der Waals surface area contributed by atoms with E-state index in [1.165, 1.54) is 18.4 Å². The van der Waals surface area contributed by atoms with E-state index in [0.717, 1.165) is 17.1 Å². The molecule has 102 valence electrons. The van der Waals surface area contributed by atoms with Gasteiger partial charge in [0.1, 0.15) is 0 Å². The van der Waals surface area contributed by atoms with Crippen LogP contribution in [0.15, 0.2) is 0 Å². The van der Waals surface area contributed by atoms with E-state index >= 15 is 0 Å². The first-order chi connectivity index (χ1) is 7.73. The summed E-state index contributed by atoms with van der Waals surface area (Å²) >= 11 is 0. The average Bonchev–Trinajstić information content (AvgIpc) is 2.24. The van der Waals surface area contributed by atoms with Gasteiger partial charge >= 0.3 is 5.97 Å². The van der Waals surface area contributed by atoms with Crippen LogP contribution in [0.4, 0.5) is 0 Å². The summed E-state index contributed by atoms with van der Waals surface area (Å²) in [5.74, 6) is -1.00. The fourth-order valence-electron chi connectivity index (χ4n) is 1.42. The van der Waals surface area contributed by atoms with Crippen LogP contribution in [0, 0.1) is 0 Å². The Balaban J connectivity index is 4.59. The number of aliphatic carboxylic acids is 1. The fourth-order valence-corrected chi connectivity index (χ4v) is 2.74. The maximum atomic E-state index is 12.0. The van der Waals surface area contributed by atoms with Crippen LogP contribution in [-0.4, -0.2) is 54.8 Å². The third kappa shape index (κ3) is 5.01. The second kappa shape index (κ2) is 6.93. The number of carbonyl (C=O) groups is 1. The quantitative estimate of drug-likeness (QED) is 0.703. The summed E-state index contributed by atoms with van der Waals surface area (Å²) in [6.45, 7) is 3.82. The number of nitrogens with zero attached hydrogens (tertiary/aromatic N) is 2. The Hall–Kier alpha value is -0.660. The van der Waals surface area contributed by atoms with Crippen LogP contribution in [0.2, 0.25) is 0 Å². The predicted molar refractivity (Wildman–Crippen MR) is 65.9 cm³/mol. The highest BCUT2D eigenvalue weighted by Gasteiger charge is 2.27. The molecule has 17 heavy (non-hydrogen) atoms. The average molecular weight is 266 g/mol. The highest BCUT2D eigenvalue weighted by atomic mass is 32.2. The molecule has 0 aromatic rings. The fraction of sp³-hybridized carbons (Fsp3) is 0.900. The first-order valence-electron chi connectivity index (χ1n) is 5.64. The van der Waals surface area contributed by atoms with Gasteiger partial charge in [0.25, 0.3) is 10.2 Å². The standard InChI is InChI=1S/C10H22N2O4S/c1-5-6-9(2)12(4)17(15,16)11(3)8-7-10(13)14/h9H,5-8H2,1-4H3,(H,13,14). The van der Waals surface area contributed by atoms with Crippen LogP contribution >= 0.6 is 0 Å². The van der Waals surface area contributed by atoms with Crippen molar-refractivity contribution in [3.8, 4) is 0 Å². The normalized spacial score (nSPS) is 14.2. The maximum Gasteiger partial charge on any atom is 0.304 e. The molecule has 6 nitrogen and oxygen atoms in total. The third-order valence-corrected chi connectivity index (χ3v) is 4.78. The molecule has 0 radical (unpaired) electrons. The van der Waals surface area contributed by atoms with Crippen LogP contribution < -0.4 is 0 Å². The predicted octanol–water partition coefficient (Wildman–Crippen LogP) is 0.758. The molecule has 0 bridgehead atoms. The molecule has 0 spiro atoms. The van der Waals surface area contributed by atoms with Crippen molar-refractivity contribution >= 4 is 16.2 Å². The zero-order chi connectivity index (χ0) is 13.6. The molecule has 0 heterocycles. The maximum absolute atomic E-state index is 12.0. The summed E-state index contributed by atoms with van der Waals surface area (Å²) < 4.78 is 26.4. The lowest BCUT2D eigenvalue weighted by Crippen LogP contribution is -2.44. The molecule has 0 aromatic carbocycles. The van der Waals surface area contributed by atoms with E-state index < -0.39 is 16.2 Å². The topological polar surface area (TPSA) is 77.9 Å². The van der Waals surface area contributed by atoms with Crippen molar-refractivity contribution in [1.82, 2.24) is 8.61 Å². The van der Waals surface area contributed by atoms with Gasteiger partial charge in [-0.25, -0.2) is 0 Å². The molecule has 0 aliphatic heterocycles. The highest BCUT2D eigenvalue weighted by molar-refractivity contribution is 7.86. The Morgan fingerprint density at radius 3 is 2.29 bits per heavy atom. The molecule has 0 rings (SSSR count). The molecule has 1 N–H and O–H groups in total. The third-order valence-electron chi connectivity index (χ3n) is 2.73. The summed E-state index contributed by atoms with van der Waals surface area (Å²) in [6.07, 6.45) is 1.49. The molecular weight excluding hydrogens is 244 g/mol. The van der Waals surface area contributed by atoms with Crippen LogP contribution in [0.25, 0.3) is 0 Å². The molecule has 0 aliphatic carbocycles. The molecule has 1 atom stereocenters. The van der Waals surface area contributed by atoms with E-state index in [-0.39, 0.29) is 19.0 Å². The van der Waals surface area contributed by atoms with Gasteiger partial charge in [0.2, 0.25) is 0 Å². The molecular formula is C10H22N2O4S. The zero-order valence-corrected chi connectivity index (χ0v) is 11.7. The first kappa shape index (κ1) is 16.3. The van der Waals surface area contributed by atoms with Crippen molar-refractivity contribution in [3.63, 3.8) is 0 Å². The van der Waals surface area contributed by atoms with Gasteiger partial charge in [-0.1, -0.05) is 13.3 Å². The lowest BCUT2D eigenvalue weighted by molar-refractivity contribution is -0.137. The van der Waals surface area contributed by atoms with E-state index in [9.17, 15) is 13.2 Å². The Labute approximate surface area is 103 Å². The zero-order valence-electron chi connectivity index (χ0n) is 10.9. The molecule has 0 aromatic heterocycles. The molecule has 0 saturated heterocycles. The van der Waals surface area contributed by atoms with Gasteiger partial charge in [0.05, 0.1) is 6.42 Å². The van der Waals surface area contributed by atoms with E-state index in [1.807, 2.05) is 13.8 Å². The molecule has 1 unspecified atom stereocenters. The van der Waals surface area contributed by atoms with Gasteiger partial charge in [-0.15, -0.1) is 0 Å². The van der Waals surface area contributed by atoms with Gasteiger partial charge in [-0.3, -0.25) is 4.79 Å². The molecule has 0 fully saturated rings. The van der Waals surface area contributed by atoms with Crippen LogP contribution in [-0.2, 0) is 15.0 Å². The van der Waals surface area contributed by atoms with E-state index in [2.05, 4.69) is 0 Å². The summed E-state index contributed by atoms with van der Waals surface area (Å²) in [5.41, 5.74) is 0. The van der Waals surface area contributed by atoms with Crippen LogP contribution in [0.3, 0.4) is 0 Å². The van der Waals surface area contributed by atoms with Crippen LogP contribution in [0.5, 0.6) is 0 Å². The molecule has 0 aliphatic rings. The van der Waals surface area contributed by atoms with Gasteiger partial charge in [0.15, 0.2) is 0 Å². The number of rotatable bonds is 8. The summed E-state index contributed by atoms with van der Waals surface area (Å²) in [7, 11) is -0.636. The molecule has 0 saturated carbocycles. The van der Waals surface area contributed by atoms with Crippen LogP contribution in [0.1, 0.15) is 33.1 Å². The molecule has 0 amide bonds. The summed E-state index contributed by atoms with van der Waals surface area (Å²) in [4.78, 5) is 10.4. The number of carboxylic acids is 1. The van der Waals surface area contributed by atoms with E-state index in [4.69, 9.17) is 5.11 Å². The highest BCUT2D eigenvalue weighted by Crippen LogP contribution is 2.12. The second-order valence-corrected chi connectivity index (χ2v) is 6.22. The number of hydrogen-bond acceptors (Lipinski definition) is 3. The van der Waals surface area contributed by atoms with Crippen molar-refractivity contribution in [2.75, 3.05) is 20.6 Å². The largest absolute Gasteiger partial charge is 0.481 e. The summed E-state index contributed by atoms with van der Waals surface area (Å²) in [5, 5.41) is 8.53. The number of carboxylic acid groups (broad SMARTS) is 1. The second-order valence-electron chi connectivity index (χ2n) is 4.13. The lowest BCUT2D eigenvalue weighted by atomic mass is 10.2. The SMILES string of the molecule is CCCC(C)N(C)S(=O)(=O)N(C)CCC(=O)O. The van der Waals surface area contributed by atoms with Gasteiger partial charge in [-0.2, -0.15) is 17.0 Å². The Bertz CT molecular complexity index is 342. The molecule has 7 heteroatoms. The van der Waals surface area contributed by atoms with Crippen molar-refractivity contribution in [2.24, 2.45) is 0 Å². The minimum Gasteiger partial charge on any atom is -0.481 e. The van der Waals surface area contributed by atoms with Gasteiger partial charge < -0.3 is 5.11 Å². The minimum atomic E-state index is -3.55. The minimum absolute atomic E-state index is 0.0130. The Morgan fingerprint density at radius 2 is 1.88 bits per heavy atom. The van der Waals surface area contributed by atoms with E-state index in [1.54, 1.807) is 0 Å². The van der Waals surface area contributed by atoms with Crippen molar-refractivity contribution in [1.29, 1.82) is 0 Å². The van der Waals surface area contributed by atoms with E-state index in [0.29, 0.717) is 0 Å². The lowest BCUT2D eigenvalue weighted by Gasteiger charge is -2.28. The first-order valence-corrected chi connectivity index (χ1v) is 7.04. The van der Waals surface area contributed by atoms with Gasteiger partial charge in [0, 0.05) is 26.7 Å². The van der Waals surface area contributed by atoms with Crippen molar-refractivity contribution in [2.45, 2.75) is 39.2 Å². The summed E-state index contributed by atoms with van der Waals surface area (Å²) in [6, 6.07) is -0.0859. The monoisotopic (exact) mass is 266 g/mol. The number of hydrogen-bond donors (Lipinski definition) is 1.